The summed E-state index contributed by atoms with van der Waals surface area (Å²) in [6, 6.07) is 12.8. The normalized spacial score (nSPS) is 12.4. The van der Waals surface area contributed by atoms with E-state index in [4.69, 9.17) is 4.74 Å². The average Bonchev–Trinajstić information content (AvgIpc) is 2.68. The van der Waals surface area contributed by atoms with Crippen molar-refractivity contribution in [3.8, 4) is 0 Å². The van der Waals surface area contributed by atoms with Crippen LogP contribution in [0, 0.1) is 0 Å². The SMILES string of the molecule is CCOC(=O)CC(NC(=O)c1ccc(Br)c(S(=O)(=O)N(C)C)c1)c1ccccc1. The molecule has 2 rings (SSSR count). The number of esters is 1. The smallest absolute Gasteiger partial charge is 0.308 e. The summed E-state index contributed by atoms with van der Waals surface area (Å²) in [5.74, 6) is -0.931. The molecule has 0 aliphatic heterocycles. The molecule has 0 aromatic heterocycles. The minimum absolute atomic E-state index is 0.0168. The molecule has 0 radical (unpaired) electrons. The highest BCUT2D eigenvalue weighted by Gasteiger charge is 2.24. The number of carbonyl (C=O) groups excluding carboxylic acids is 2. The molecular formula is C20H23BrN2O5S. The van der Waals surface area contributed by atoms with Gasteiger partial charge in [0, 0.05) is 24.1 Å². The zero-order valence-electron chi connectivity index (χ0n) is 16.4. The van der Waals surface area contributed by atoms with E-state index >= 15 is 0 Å². The molecule has 0 saturated carbocycles. The molecule has 0 aliphatic rings. The minimum Gasteiger partial charge on any atom is -0.466 e. The van der Waals surface area contributed by atoms with E-state index < -0.39 is 27.9 Å². The first kappa shape index (κ1) is 23.1. The van der Waals surface area contributed by atoms with Gasteiger partial charge in [0.2, 0.25) is 10.0 Å². The molecule has 1 unspecified atom stereocenters. The molecule has 156 valence electrons. The van der Waals surface area contributed by atoms with Gasteiger partial charge in [-0.15, -0.1) is 0 Å². The van der Waals surface area contributed by atoms with Crippen LogP contribution >= 0.6 is 15.9 Å². The molecule has 0 heterocycles. The molecule has 1 atom stereocenters. The lowest BCUT2D eigenvalue weighted by atomic mass is 10.0. The second-order valence-corrected chi connectivity index (χ2v) is 9.35. The molecule has 9 heteroatoms. The molecular weight excluding hydrogens is 460 g/mol. The van der Waals surface area contributed by atoms with E-state index in [1.165, 1.54) is 32.3 Å². The van der Waals surface area contributed by atoms with Gasteiger partial charge in [-0.25, -0.2) is 12.7 Å². The summed E-state index contributed by atoms with van der Waals surface area (Å²) in [5, 5.41) is 2.80. The summed E-state index contributed by atoms with van der Waals surface area (Å²) in [6.07, 6.45) is -0.0387. The summed E-state index contributed by atoms with van der Waals surface area (Å²) in [7, 11) is -0.906. The summed E-state index contributed by atoms with van der Waals surface area (Å²) < 4.78 is 31.4. The van der Waals surface area contributed by atoms with Gasteiger partial charge in [0.25, 0.3) is 5.91 Å². The Morgan fingerprint density at radius 3 is 2.38 bits per heavy atom. The number of hydrogen-bond acceptors (Lipinski definition) is 5. The molecule has 0 bridgehead atoms. The molecule has 0 aliphatic carbocycles. The maximum absolute atomic E-state index is 12.8. The van der Waals surface area contributed by atoms with Crippen LogP contribution in [0.3, 0.4) is 0 Å². The number of nitrogens with zero attached hydrogens (tertiary/aromatic N) is 1. The molecule has 2 aromatic carbocycles. The van der Waals surface area contributed by atoms with E-state index in [-0.39, 0.29) is 23.5 Å². The largest absolute Gasteiger partial charge is 0.466 e. The highest BCUT2D eigenvalue weighted by atomic mass is 79.9. The van der Waals surface area contributed by atoms with Crippen LogP contribution in [0.4, 0.5) is 0 Å². The summed E-state index contributed by atoms with van der Waals surface area (Å²) >= 11 is 3.22. The van der Waals surface area contributed by atoms with Crippen molar-refractivity contribution >= 4 is 37.8 Å². The molecule has 0 saturated heterocycles. The third-order valence-electron chi connectivity index (χ3n) is 4.14. The van der Waals surface area contributed by atoms with Crippen LogP contribution in [-0.2, 0) is 19.6 Å². The summed E-state index contributed by atoms with van der Waals surface area (Å²) in [5.41, 5.74) is 0.908. The number of carbonyl (C=O) groups is 2. The van der Waals surface area contributed by atoms with Gasteiger partial charge in [0.1, 0.15) is 0 Å². The van der Waals surface area contributed by atoms with Gasteiger partial charge < -0.3 is 10.1 Å². The summed E-state index contributed by atoms with van der Waals surface area (Å²) in [6.45, 7) is 1.95. The van der Waals surface area contributed by atoms with Crippen LogP contribution in [0.1, 0.15) is 35.3 Å². The molecule has 29 heavy (non-hydrogen) atoms. The van der Waals surface area contributed by atoms with E-state index in [0.29, 0.717) is 4.47 Å². The van der Waals surface area contributed by atoms with Gasteiger partial charge >= 0.3 is 5.97 Å². The fraction of sp³-hybridized carbons (Fsp3) is 0.300. The zero-order chi connectivity index (χ0) is 21.6. The number of benzene rings is 2. The molecule has 2 aromatic rings. The topological polar surface area (TPSA) is 92.8 Å². The van der Waals surface area contributed by atoms with Crippen LogP contribution in [-0.4, -0.2) is 45.3 Å². The van der Waals surface area contributed by atoms with Crippen LogP contribution < -0.4 is 5.32 Å². The van der Waals surface area contributed by atoms with Crippen LogP contribution in [0.5, 0.6) is 0 Å². The number of nitrogens with one attached hydrogen (secondary N) is 1. The number of halogens is 1. The second kappa shape index (κ2) is 10.00. The van der Waals surface area contributed by atoms with Crippen molar-refractivity contribution in [2.24, 2.45) is 0 Å². The first-order chi connectivity index (χ1) is 13.7. The highest BCUT2D eigenvalue weighted by Crippen LogP contribution is 2.26. The first-order valence-electron chi connectivity index (χ1n) is 8.90. The summed E-state index contributed by atoms with van der Waals surface area (Å²) in [4.78, 5) is 24.8. The van der Waals surface area contributed by atoms with Crippen LogP contribution in [0.2, 0.25) is 0 Å². The van der Waals surface area contributed by atoms with Crippen molar-refractivity contribution < 1.29 is 22.7 Å². The Bertz CT molecular complexity index is 978. The van der Waals surface area contributed by atoms with Gasteiger partial charge in [0.05, 0.1) is 24.0 Å². The van der Waals surface area contributed by atoms with E-state index in [2.05, 4.69) is 21.2 Å². The molecule has 7 nitrogen and oxygen atoms in total. The highest BCUT2D eigenvalue weighted by molar-refractivity contribution is 9.10. The lowest BCUT2D eigenvalue weighted by Crippen LogP contribution is -2.31. The van der Waals surface area contributed by atoms with Gasteiger partial charge in [-0.2, -0.15) is 0 Å². The van der Waals surface area contributed by atoms with Gasteiger partial charge in [-0.05, 0) is 46.6 Å². The number of hydrogen-bond donors (Lipinski definition) is 1. The quantitative estimate of drug-likeness (QED) is 0.583. The molecule has 0 spiro atoms. The van der Waals surface area contributed by atoms with E-state index in [1.807, 2.05) is 6.07 Å². The standard InChI is InChI=1S/C20H23BrN2O5S/c1-4-28-19(24)13-17(14-8-6-5-7-9-14)22-20(25)15-10-11-16(21)18(12-15)29(26,27)23(2)3/h5-12,17H,4,13H2,1-3H3,(H,22,25). The lowest BCUT2D eigenvalue weighted by molar-refractivity contribution is -0.143. The molecule has 1 N–H and O–H groups in total. The van der Waals surface area contributed by atoms with Gasteiger partial charge in [0.15, 0.2) is 0 Å². The van der Waals surface area contributed by atoms with Crippen molar-refractivity contribution in [1.82, 2.24) is 9.62 Å². The predicted octanol–water partition coefficient (Wildman–Crippen LogP) is 3.12. The van der Waals surface area contributed by atoms with Crippen molar-refractivity contribution in [3.63, 3.8) is 0 Å². The van der Waals surface area contributed by atoms with E-state index in [0.717, 1.165) is 9.87 Å². The van der Waals surface area contributed by atoms with Crippen LogP contribution in [0.15, 0.2) is 57.9 Å². The number of amides is 1. The first-order valence-corrected chi connectivity index (χ1v) is 11.1. The molecule has 1 amide bonds. The third-order valence-corrected chi connectivity index (χ3v) is 6.94. The Morgan fingerprint density at radius 2 is 1.79 bits per heavy atom. The maximum atomic E-state index is 12.8. The van der Waals surface area contributed by atoms with Crippen molar-refractivity contribution in [3.05, 3.63) is 64.1 Å². The van der Waals surface area contributed by atoms with Crippen molar-refractivity contribution in [2.75, 3.05) is 20.7 Å². The van der Waals surface area contributed by atoms with Crippen molar-refractivity contribution in [2.45, 2.75) is 24.3 Å². The lowest BCUT2D eigenvalue weighted by Gasteiger charge is -2.19. The van der Waals surface area contributed by atoms with Gasteiger partial charge in [-0.3, -0.25) is 9.59 Å². The number of rotatable bonds is 8. The van der Waals surface area contributed by atoms with E-state index in [1.54, 1.807) is 31.2 Å². The Balaban J connectivity index is 2.33. The predicted molar refractivity (Wildman–Crippen MR) is 113 cm³/mol. The van der Waals surface area contributed by atoms with E-state index in [9.17, 15) is 18.0 Å². The number of ether oxygens (including phenoxy) is 1. The fourth-order valence-corrected chi connectivity index (χ4v) is 4.45. The Morgan fingerprint density at radius 1 is 1.14 bits per heavy atom. The second-order valence-electron chi connectivity index (χ2n) is 6.38. The zero-order valence-corrected chi connectivity index (χ0v) is 18.8. The maximum Gasteiger partial charge on any atom is 0.308 e. The Hall–Kier alpha value is -2.23. The van der Waals surface area contributed by atoms with Crippen LogP contribution in [0.25, 0.3) is 0 Å². The Kier molecular flexibility index (Phi) is 7.95. The Labute approximate surface area is 179 Å². The monoisotopic (exact) mass is 482 g/mol. The molecule has 0 fully saturated rings. The average molecular weight is 483 g/mol. The fourth-order valence-electron chi connectivity index (χ4n) is 2.60. The third kappa shape index (κ3) is 5.88. The minimum atomic E-state index is -3.74. The number of sulfonamides is 1. The van der Waals surface area contributed by atoms with Gasteiger partial charge in [-0.1, -0.05) is 30.3 Å². The van der Waals surface area contributed by atoms with Crippen molar-refractivity contribution in [1.29, 1.82) is 0 Å².